The maximum Gasteiger partial charge on any atom is 0.203 e. The Morgan fingerprint density at radius 2 is 1.82 bits per heavy atom. The lowest BCUT2D eigenvalue weighted by Gasteiger charge is -2.14. The van der Waals surface area contributed by atoms with Crippen molar-refractivity contribution in [1.82, 2.24) is 25.4 Å². The number of aliphatic imine (C=N–C) groups is 1. The molecule has 1 aromatic heterocycles. The second-order valence-electron chi connectivity index (χ2n) is 5.94. The van der Waals surface area contributed by atoms with Crippen LogP contribution in [0.2, 0.25) is 0 Å². The average Bonchev–Trinajstić information content (AvgIpc) is 3.04. The summed E-state index contributed by atoms with van der Waals surface area (Å²) < 4.78 is 18.1. The van der Waals surface area contributed by atoms with E-state index in [0.717, 1.165) is 17.2 Å². The summed E-state index contributed by atoms with van der Waals surface area (Å²) in [5, 5.41) is 14.7. The molecule has 0 saturated carbocycles. The molecule has 0 atom stereocenters. The molecular weight excluding hydrogens is 360 g/mol. The molecule has 2 N–H and O–H groups in total. The number of methoxy groups -OCH3 is 3. The Morgan fingerprint density at radius 3 is 2.32 bits per heavy atom. The van der Waals surface area contributed by atoms with Crippen LogP contribution < -0.4 is 24.8 Å². The van der Waals surface area contributed by atoms with Gasteiger partial charge in [-0.3, -0.25) is 0 Å². The van der Waals surface area contributed by atoms with Crippen molar-refractivity contribution in [1.29, 1.82) is 0 Å². The highest BCUT2D eigenvalue weighted by Gasteiger charge is 2.13. The lowest BCUT2D eigenvalue weighted by atomic mass is 10.2. The minimum absolute atomic E-state index is 0.418. The quantitative estimate of drug-likeness (QED) is 0.382. The van der Waals surface area contributed by atoms with E-state index in [1.807, 2.05) is 30.7 Å². The maximum absolute atomic E-state index is 5.40. The third kappa shape index (κ3) is 5.15. The van der Waals surface area contributed by atoms with Crippen LogP contribution in [0.4, 0.5) is 0 Å². The fourth-order valence-corrected chi connectivity index (χ4v) is 2.51. The van der Waals surface area contributed by atoms with E-state index in [4.69, 9.17) is 14.2 Å². The second kappa shape index (κ2) is 10.2. The van der Waals surface area contributed by atoms with Crippen LogP contribution in [0.15, 0.2) is 29.8 Å². The number of nitrogens with zero attached hydrogens (tertiary/aromatic N) is 4. The van der Waals surface area contributed by atoms with Gasteiger partial charge in [0.1, 0.15) is 5.82 Å². The van der Waals surface area contributed by atoms with Crippen molar-refractivity contribution in [3.8, 4) is 17.2 Å². The standard InChI is InChI=1S/C19H28N6O3/c1-7-8-20-19(22-12-17-24-23-13(2)25(17)3)21-11-14-9-15(26-4)18(28-6)16(10-14)27-5/h7,9-10H,1,8,11-12H2,2-6H3,(H2,20,21,22). The molecule has 0 aliphatic carbocycles. The molecule has 2 rings (SSSR count). The smallest absolute Gasteiger partial charge is 0.203 e. The Kier molecular flexibility index (Phi) is 7.67. The van der Waals surface area contributed by atoms with Gasteiger partial charge in [-0.1, -0.05) is 6.08 Å². The van der Waals surface area contributed by atoms with Gasteiger partial charge in [-0.2, -0.15) is 0 Å². The minimum Gasteiger partial charge on any atom is -0.493 e. The highest BCUT2D eigenvalue weighted by atomic mass is 16.5. The zero-order valence-corrected chi connectivity index (χ0v) is 17.1. The molecule has 0 spiro atoms. The molecule has 1 heterocycles. The van der Waals surface area contributed by atoms with Gasteiger partial charge in [0.2, 0.25) is 5.75 Å². The van der Waals surface area contributed by atoms with Gasteiger partial charge in [0.05, 0.1) is 34.4 Å². The van der Waals surface area contributed by atoms with Crippen molar-refractivity contribution in [2.24, 2.45) is 12.0 Å². The predicted octanol–water partition coefficient (Wildman–Crippen LogP) is 1.57. The number of rotatable bonds is 9. The third-order valence-corrected chi connectivity index (χ3v) is 4.15. The molecule has 2 aromatic rings. The van der Waals surface area contributed by atoms with Crippen molar-refractivity contribution >= 4 is 5.96 Å². The van der Waals surface area contributed by atoms with Crippen LogP contribution >= 0.6 is 0 Å². The molecule has 0 aliphatic rings. The van der Waals surface area contributed by atoms with E-state index >= 15 is 0 Å². The van der Waals surface area contributed by atoms with Crippen LogP contribution in [-0.4, -0.2) is 48.6 Å². The van der Waals surface area contributed by atoms with E-state index in [1.165, 1.54) is 0 Å². The highest BCUT2D eigenvalue weighted by molar-refractivity contribution is 5.79. The first-order valence-corrected chi connectivity index (χ1v) is 8.80. The summed E-state index contributed by atoms with van der Waals surface area (Å²) in [6, 6.07) is 3.75. The van der Waals surface area contributed by atoms with Gasteiger partial charge in [-0.05, 0) is 24.6 Å². The van der Waals surface area contributed by atoms with Crippen LogP contribution in [0.1, 0.15) is 17.2 Å². The number of ether oxygens (including phenoxy) is 3. The first-order chi connectivity index (χ1) is 13.5. The maximum atomic E-state index is 5.40. The van der Waals surface area contributed by atoms with Crippen LogP contribution in [0.5, 0.6) is 17.2 Å². The van der Waals surface area contributed by atoms with E-state index in [1.54, 1.807) is 27.4 Å². The number of hydrogen-bond acceptors (Lipinski definition) is 6. The third-order valence-electron chi connectivity index (χ3n) is 4.15. The molecule has 9 heteroatoms. The molecule has 0 amide bonds. The van der Waals surface area contributed by atoms with Gasteiger partial charge >= 0.3 is 0 Å². The number of hydrogen-bond donors (Lipinski definition) is 2. The zero-order valence-electron chi connectivity index (χ0n) is 17.1. The highest BCUT2D eigenvalue weighted by Crippen LogP contribution is 2.38. The number of aromatic nitrogens is 3. The molecule has 0 bridgehead atoms. The normalized spacial score (nSPS) is 11.1. The Hall–Kier alpha value is -3.23. The molecule has 152 valence electrons. The Morgan fingerprint density at radius 1 is 1.14 bits per heavy atom. The molecule has 0 saturated heterocycles. The second-order valence-corrected chi connectivity index (χ2v) is 5.94. The fourth-order valence-electron chi connectivity index (χ4n) is 2.51. The summed E-state index contributed by atoms with van der Waals surface area (Å²) in [5.74, 6) is 4.04. The van der Waals surface area contributed by atoms with E-state index < -0.39 is 0 Å². The Labute approximate surface area is 165 Å². The van der Waals surface area contributed by atoms with Gasteiger partial charge in [0, 0.05) is 13.6 Å². The number of nitrogens with one attached hydrogen (secondary N) is 2. The summed E-state index contributed by atoms with van der Waals surface area (Å²) >= 11 is 0. The molecule has 28 heavy (non-hydrogen) atoms. The molecule has 9 nitrogen and oxygen atoms in total. The number of aryl methyl sites for hydroxylation is 1. The van der Waals surface area contributed by atoms with Crippen molar-refractivity contribution in [2.45, 2.75) is 20.0 Å². The number of benzene rings is 1. The molecule has 0 fully saturated rings. The topological polar surface area (TPSA) is 94.8 Å². The first kappa shape index (κ1) is 21.1. The van der Waals surface area contributed by atoms with Crippen LogP contribution in [0.25, 0.3) is 0 Å². The summed E-state index contributed by atoms with van der Waals surface area (Å²) in [6.07, 6.45) is 1.77. The Balaban J connectivity index is 2.17. The van der Waals surface area contributed by atoms with Crippen molar-refractivity contribution in [3.05, 3.63) is 42.0 Å². The van der Waals surface area contributed by atoms with Crippen LogP contribution in [0.3, 0.4) is 0 Å². The largest absolute Gasteiger partial charge is 0.493 e. The number of guanidine groups is 1. The van der Waals surface area contributed by atoms with Crippen molar-refractivity contribution in [2.75, 3.05) is 27.9 Å². The van der Waals surface area contributed by atoms with Crippen LogP contribution in [0, 0.1) is 6.92 Å². The van der Waals surface area contributed by atoms with Gasteiger partial charge in [0.15, 0.2) is 23.3 Å². The van der Waals surface area contributed by atoms with Gasteiger partial charge in [0.25, 0.3) is 0 Å². The Bertz CT molecular complexity index is 806. The molecule has 0 radical (unpaired) electrons. The first-order valence-electron chi connectivity index (χ1n) is 8.80. The molecular formula is C19H28N6O3. The lowest BCUT2D eigenvalue weighted by molar-refractivity contribution is 0.324. The molecule has 1 aromatic carbocycles. The molecule has 0 aliphatic heterocycles. The monoisotopic (exact) mass is 388 g/mol. The van der Waals surface area contributed by atoms with E-state index in [0.29, 0.717) is 42.8 Å². The fraction of sp³-hybridized carbons (Fsp3) is 0.421. The van der Waals surface area contributed by atoms with Gasteiger partial charge in [-0.15, -0.1) is 16.8 Å². The van der Waals surface area contributed by atoms with Crippen LogP contribution in [-0.2, 0) is 20.1 Å². The van der Waals surface area contributed by atoms with E-state index in [9.17, 15) is 0 Å². The molecule has 0 unspecified atom stereocenters. The minimum atomic E-state index is 0.418. The lowest BCUT2D eigenvalue weighted by Crippen LogP contribution is -2.37. The average molecular weight is 388 g/mol. The van der Waals surface area contributed by atoms with Crippen molar-refractivity contribution < 1.29 is 14.2 Å². The van der Waals surface area contributed by atoms with Crippen molar-refractivity contribution in [3.63, 3.8) is 0 Å². The van der Waals surface area contributed by atoms with Gasteiger partial charge < -0.3 is 29.4 Å². The summed E-state index contributed by atoms with van der Waals surface area (Å²) in [7, 11) is 6.68. The summed E-state index contributed by atoms with van der Waals surface area (Å²) in [6.45, 7) is 7.14. The summed E-state index contributed by atoms with van der Waals surface area (Å²) in [5.41, 5.74) is 0.920. The van der Waals surface area contributed by atoms with Gasteiger partial charge in [-0.25, -0.2) is 4.99 Å². The zero-order chi connectivity index (χ0) is 20.5. The van der Waals surface area contributed by atoms with E-state index in [-0.39, 0.29) is 0 Å². The van der Waals surface area contributed by atoms with E-state index in [2.05, 4.69) is 32.4 Å². The predicted molar refractivity (Wildman–Crippen MR) is 108 cm³/mol. The SMILES string of the molecule is C=CCNC(=NCc1cc(OC)c(OC)c(OC)c1)NCc1nnc(C)n1C. The summed E-state index contributed by atoms with van der Waals surface area (Å²) in [4.78, 5) is 4.63.